The van der Waals surface area contributed by atoms with Gasteiger partial charge in [-0.2, -0.15) is 0 Å². The Morgan fingerprint density at radius 2 is 1.02 bits per heavy atom. The van der Waals surface area contributed by atoms with Gasteiger partial charge in [-0.25, -0.2) is 4.57 Å². The predicted molar refractivity (Wildman–Crippen MR) is 226 cm³/mol. The molecule has 57 heavy (non-hydrogen) atoms. The highest BCUT2D eigenvalue weighted by Gasteiger charge is 2.27. The van der Waals surface area contributed by atoms with Gasteiger partial charge in [-0.3, -0.25) is 18.6 Å². The number of hydrogen-bond donors (Lipinski definition) is 5. The second-order valence-electron chi connectivity index (χ2n) is 14.7. The Kier molecular flexibility index (Phi) is 37.8. The van der Waals surface area contributed by atoms with E-state index in [0.29, 0.717) is 38.5 Å². The number of carbonyl (C=O) groups is 2. The third kappa shape index (κ3) is 37.8. The molecule has 0 aliphatic rings. The Morgan fingerprint density at radius 3 is 1.65 bits per heavy atom. The van der Waals surface area contributed by atoms with Crippen LogP contribution in [0.2, 0.25) is 0 Å². The zero-order valence-corrected chi connectivity index (χ0v) is 36.2. The zero-order valence-electron chi connectivity index (χ0n) is 35.3. The maximum Gasteiger partial charge on any atom is 0.472 e. The number of aliphatic hydroxyl groups excluding tert-OH is 4. The first-order valence-corrected chi connectivity index (χ1v) is 23.3. The first-order chi connectivity index (χ1) is 27.5. The lowest BCUT2D eigenvalue weighted by Gasteiger charge is -2.20. The minimum Gasteiger partial charge on any atom is -0.462 e. The molecule has 5 unspecified atom stereocenters. The summed E-state index contributed by atoms with van der Waals surface area (Å²) in [4.78, 5) is 35.0. The number of carbonyl (C=O) groups excluding carboxylic acids is 2. The zero-order chi connectivity index (χ0) is 42.2. The number of esters is 2. The van der Waals surface area contributed by atoms with E-state index in [0.717, 1.165) is 51.4 Å². The van der Waals surface area contributed by atoms with E-state index in [1.807, 2.05) is 30.4 Å². The van der Waals surface area contributed by atoms with Crippen LogP contribution < -0.4 is 0 Å². The summed E-state index contributed by atoms with van der Waals surface area (Å²) in [5.41, 5.74) is 0. The van der Waals surface area contributed by atoms with E-state index >= 15 is 0 Å². The number of unbranched alkanes of at least 4 members (excludes halogenated alkanes) is 15. The molecule has 0 rings (SSSR count). The van der Waals surface area contributed by atoms with Crippen LogP contribution in [0.3, 0.4) is 0 Å². The van der Waals surface area contributed by atoms with Crippen LogP contribution in [0.1, 0.15) is 168 Å². The number of ether oxygens (including phenoxy) is 2. The molecule has 13 heteroatoms. The number of aliphatic hydroxyl groups is 4. The van der Waals surface area contributed by atoms with Crippen molar-refractivity contribution in [2.75, 3.05) is 26.4 Å². The molecule has 12 nitrogen and oxygen atoms in total. The Labute approximate surface area is 344 Å². The Bertz CT molecular complexity index is 1120. The van der Waals surface area contributed by atoms with Gasteiger partial charge in [-0.15, -0.1) is 0 Å². The van der Waals surface area contributed by atoms with Gasteiger partial charge in [-0.05, 0) is 77.0 Å². The molecule has 0 fully saturated rings. The summed E-state index contributed by atoms with van der Waals surface area (Å²) in [6.45, 7) is 2.10. The van der Waals surface area contributed by atoms with Crippen molar-refractivity contribution in [1.82, 2.24) is 0 Å². The Hall–Kier alpha value is -2.15. The van der Waals surface area contributed by atoms with Crippen LogP contribution in [0.5, 0.6) is 0 Å². The topological polar surface area (TPSA) is 189 Å². The molecule has 0 aromatic heterocycles. The fourth-order valence-electron chi connectivity index (χ4n) is 5.58. The van der Waals surface area contributed by atoms with Crippen molar-refractivity contribution in [3.63, 3.8) is 0 Å². The van der Waals surface area contributed by atoms with Gasteiger partial charge in [0.25, 0.3) is 0 Å². The fourth-order valence-corrected chi connectivity index (χ4v) is 6.36. The van der Waals surface area contributed by atoms with Crippen LogP contribution in [0.15, 0.2) is 48.6 Å². The molecule has 0 aromatic carbocycles. The molecular weight excluding hydrogens is 751 g/mol. The Morgan fingerprint density at radius 1 is 0.561 bits per heavy atom. The van der Waals surface area contributed by atoms with Crippen LogP contribution in [0.25, 0.3) is 0 Å². The molecule has 5 N–H and O–H groups in total. The molecular formula is C44H79O12P. The van der Waals surface area contributed by atoms with Crippen molar-refractivity contribution < 1.29 is 58.0 Å². The minimum absolute atomic E-state index is 0.0483. The predicted octanol–water partition coefficient (Wildman–Crippen LogP) is 9.28. The normalized spacial score (nSPS) is 15.4. The van der Waals surface area contributed by atoms with E-state index in [-0.39, 0.29) is 19.4 Å². The molecule has 0 radical (unpaired) electrons. The summed E-state index contributed by atoms with van der Waals surface area (Å²) in [6.07, 6.45) is 34.0. The lowest BCUT2D eigenvalue weighted by atomic mass is 10.1. The lowest BCUT2D eigenvalue weighted by molar-refractivity contribution is -0.161. The van der Waals surface area contributed by atoms with E-state index in [2.05, 4.69) is 36.6 Å². The molecule has 0 bridgehead atoms. The molecule has 0 aromatic rings. The highest BCUT2D eigenvalue weighted by atomic mass is 31.2. The number of phosphoric acid groups is 1. The molecule has 0 saturated carbocycles. The minimum atomic E-state index is -4.66. The molecule has 0 aliphatic carbocycles. The van der Waals surface area contributed by atoms with Crippen molar-refractivity contribution in [2.24, 2.45) is 0 Å². The van der Waals surface area contributed by atoms with Crippen LogP contribution in [-0.2, 0) is 32.7 Å². The molecule has 5 atom stereocenters. The van der Waals surface area contributed by atoms with Gasteiger partial charge >= 0.3 is 19.8 Å². The van der Waals surface area contributed by atoms with Crippen molar-refractivity contribution in [3.05, 3.63) is 48.6 Å². The number of allylic oxidation sites excluding steroid dienone is 6. The first kappa shape index (κ1) is 54.9. The van der Waals surface area contributed by atoms with Gasteiger partial charge in [0.2, 0.25) is 0 Å². The molecule has 332 valence electrons. The molecule has 0 spiro atoms. The fraction of sp³-hybridized carbons (Fsp3) is 0.773. The smallest absolute Gasteiger partial charge is 0.462 e. The summed E-state index contributed by atoms with van der Waals surface area (Å²) in [5, 5.41) is 38.6. The quantitative estimate of drug-likeness (QED) is 0.0171. The summed E-state index contributed by atoms with van der Waals surface area (Å²) >= 11 is 0. The number of phosphoric ester groups is 1. The average molecular weight is 831 g/mol. The van der Waals surface area contributed by atoms with E-state index in [1.165, 1.54) is 51.4 Å². The molecule has 0 heterocycles. The second-order valence-corrected chi connectivity index (χ2v) is 16.1. The summed E-state index contributed by atoms with van der Waals surface area (Å²) < 4.78 is 32.6. The van der Waals surface area contributed by atoms with E-state index in [4.69, 9.17) is 19.1 Å². The average Bonchev–Trinajstić information content (AvgIpc) is 3.19. The summed E-state index contributed by atoms with van der Waals surface area (Å²) in [6, 6.07) is 0. The maximum absolute atomic E-state index is 12.6. The largest absolute Gasteiger partial charge is 0.472 e. The number of hydrogen-bond acceptors (Lipinski definition) is 11. The maximum atomic E-state index is 12.6. The van der Waals surface area contributed by atoms with E-state index < -0.39 is 64.0 Å². The van der Waals surface area contributed by atoms with Gasteiger partial charge in [0.1, 0.15) is 12.7 Å². The van der Waals surface area contributed by atoms with Gasteiger partial charge in [0.05, 0.1) is 32.0 Å². The number of rotatable bonds is 40. The van der Waals surface area contributed by atoms with E-state index in [9.17, 15) is 34.4 Å². The standard InChI is InChI=1S/C44H79O12P/c1-3-5-7-9-11-12-13-14-15-16-17-18-21-25-29-33-43(49)53-37-40(38-55-57(51,52)54-36-39(46)35-45)56-44(50)34-30-26-22-19-20-24-28-32-42(48)41(47)31-27-23-10-8-6-4-2/h14-15,19,22-24,27-28,39-42,45-48H,3-13,16-18,20-21,25-26,29-38H2,1-2H3,(H,51,52)/b15-14-,22-19-,27-23+,28-24-. The highest BCUT2D eigenvalue weighted by molar-refractivity contribution is 7.47. The van der Waals surface area contributed by atoms with Gasteiger partial charge in [0, 0.05) is 12.8 Å². The van der Waals surface area contributed by atoms with Crippen LogP contribution in [-0.4, -0.2) is 88.1 Å². The SMILES string of the molecule is CCCCC/C=C/CC(O)C(O)C/C=C\C/C=C\CCCC(=O)OC(COC(=O)CCCCCCC/C=C\CCCCCCCC)COP(=O)(O)OCC(O)CO. The molecule has 0 amide bonds. The van der Waals surface area contributed by atoms with Gasteiger partial charge in [0.15, 0.2) is 6.10 Å². The van der Waals surface area contributed by atoms with Crippen molar-refractivity contribution >= 4 is 19.8 Å². The second kappa shape index (κ2) is 39.3. The Balaban J connectivity index is 4.51. The van der Waals surface area contributed by atoms with Crippen molar-refractivity contribution in [3.8, 4) is 0 Å². The van der Waals surface area contributed by atoms with Crippen LogP contribution in [0, 0.1) is 0 Å². The molecule has 0 aliphatic heterocycles. The van der Waals surface area contributed by atoms with Crippen molar-refractivity contribution in [1.29, 1.82) is 0 Å². The summed E-state index contributed by atoms with van der Waals surface area (Å²) in [7, 11) is -4.66. The van der Waals surface area contributed by atoms with Crippen molar-refractivity contribution in [2.45, 2.75) is 192 Å². The monoisotopic (exact) mass is 831 g/mol. The summed E-state index contributed by atoms with van der Waals surface area (Å²) in [5.74, 6) is -1.07. The van der Waals surface area contributed by atoms with Gasteiger partial charge in [-0.1, -0.05) is 127 Å². The lowest BCUT2D eigenvalue weighted by Crippen LogP contribution is -2.29. The van der Waals surface area contributed by atoms with E-state index in [1.54, 1.807) is 0 Å². The highest BCUT2D eigenvalue weighted by Crippen LogP contribution is 2.43. The van der Waals surface area contributed by atoms with Crippen LogP contribution >= 0.6 is 7.82 Å². The van der Waals surface area contributed by atoms with Gasteiger partial charge < -0.3 is 34.8 Å². The van der Waals surface area contributed by atoms with Crippen LogP contribution in [0.4, 0.5) is 0 Å². The molecule has 0 saturated heterocycles. The third-order valence-electron chi connectivity index (χ3n) is 9.13. The first-order valence-electron chi connectivity index (χ1n) is 21.8. The third-order valence-corrected chi connectivity index (χ3v) is 10.1.